The summed E-state index contributed by atoms with van der Waals surface area (Å²) in [4.78, 5) is 10.9. The van der Waals surface area contributed by atoms with Gasteiger partial charge in [-0.25, -0.2) is 4.79 Å². The van der Waals surface area contributed by atoms with Crippen LogP contribution in [0, 0.1) is 0 Å². The van der Waals surface area contributed by atoms with E-state index >= 15 is 0 Å². The zero-order valence-electron chi connectivity index (χ0n) is 9.95. The van der Waals surface area contributed by atoms with Crippen LogP contribution in [-0.4, -0.2) is 13.2 Å². The van der Waals surface area contributed by atoms with Gasteiger partial charge in [0.1, 0.15) is 0 Å². The van der Waals surface area contributed by atoms with Crippen LogP contribution in [-0.2, 0) is 10.2 Å². The van der Waals surface area contributed by atoms with Crippen molar-refractivity contribution in [3.05, 3.63) is 29.8 Å². The summed E-state index contributed by atoms with van der Waals surface area (Å²) in [6.45, 7) is 6.20. The Morgan fingerprint density at radius 1 is 1.25 bits per heavy atom. The van der Waals surface area contributed by atoms with Gasteiger partial charge in [0, 0.05) is 0 Å². The van der Waals surface area contributed by atoms with E-state index in [1.54, 1.807) is 24.3 Å². The highest BCUT2D eigenvalue weighted by Gasteiger charge is 2.17. The maximum atomic E-state index is 13.3. The van der Waals surface area contributed by atoms with Crippen molar-refractivity contribution >= 4 is 11.8 Å². The van der Waals surface area contributed by atoms with Crippen molar-refractivity contribution in [2.45, 2.75) is 26.2 Å². The molecule has 0 bridgehead atoms. The quantitative estimate of drug-likeness (QED) is 0.685. The lowest BCUT2D eigenvalue weighted by atomic mass is 9.87. The molecule has 0 saturated heterocycles. The minimum absolute atomic E-state index is 0.00490. The zero-order chi connectivity index (χ0) is 12.3. The molecule has 4 heteroatoms. The number of ether oxygens (including phenoxy) is 1. The normalized spacial score (nSPS) is 11.1. The Morgan fingerprint density at radius 3 is 2.12 bits per heavy atom. The molecule has 0 N–H and O–H groups in total. The van der Waals surface area contributed by atoms with E-state index < -0.39 is 6.09 Å². The molecule has 0 fully saturated rings. The van der Waals surface area contributed by atoms with Crippen LogP contribution < -0.4 is 5.12 Å². The summed E-state index contributed by atoms with van der Waals surface area (Å²) in [5.41, 5.74) is 1.25. The van der Waals surface area contributed by atoms with Crippen molar-refractivity contribution in [2.75, 3.05) is 12.2 Å². The lowest BCUT2D eigenvalue weighted by Gasteiger charge is -2.19. The van der Waals surface area contributed by atoms with Crippen LogP contribution in [0.25, 0.3) is 0 Å². The van der Waals surface area contributed by atoms with Crippen LogP contribution in [0.4, 0.5) is 15.0 Å². The number of hydrogen-bond acceptors (Lipinski definition) is 2. The fraction of sp³-hybridized carbons (Fsp3) is 0.417. The second-order valence-electron chi connectivity index (χ2n) is 4.55. The molecule has 0 spiro atoms. The highest BCUT2D eigenvalue weighted by atomic mass is 19.2. The van der Waals surface area contributed by atoms with Gasteiger partial charge in [0.05, 0.1) is 12.8 Å². The number of rotatable bonds is 1. The second-order valence-corrected chi connectivity index (χ2v) is 4.55. The van der Waals surface area contributed by atoms with Gasteiger partial charge in [-0.3, -0.25) is 0 Å². The number of halogens is 1. The molecular weight excluding hydrogens is 209 g/mol. The van der Waals surface area contributed by atoms with Crippen LogP contribution >= 0.6 is 0 Å². The molecule has 1 rings (SSSR count). The first-order valence-corrected chi connectivity index (χ1v) is 5.00. The Balaban J connectivity index is 2.91. The van der Waals surface area contributed by atoms with Crippen LogP contribution in [0.2, 0.25) is 0 Å². The average molecular weight is 225 g/mol. The monoisotopic (exact) mass is 225 g/mol. The SMILES string of the molecule is COC(=O)N(F)c1ccc(C(C)(C)C)cc1. The third kappa shape index (κ3) is 2.72. The Labute approximate surface area is 94.8 Å². The van der Waals surface area contributed by atoms with Crippen LogP contribution in [0.15, 0.2) is 24.3 Å². The number of amides is 1. The topological polar surface area (TPSA) is 29.5 Å². The van der Waals surface area contributed by atoms with Crippen molar-refractivity contribution in [1.29, 1.82) is 0 Å². The molecular formula is C12H16FNO2. The fourth-order valence-corrected chi connectivity index (χ4v) is 1.28. The van der Waals surface area contributed by atoms with E-state index in [0.717, 1.165) is 12.7 Å². The lowest BCUT2D eigenvalue weighted by molar-refractivity contribution is 0.164. The molecule has 1 aromatic carbocycles. The van der Waals surface area contributed by atoms with Gasteiger partial charge in [-0.05, 0) is 23.1 Å². The Hall–Kier alpha value is -1.58. The molecule has 3 nitrogen and oxygen atoms in total. The first kappa shape index (κ1) is 12.5. The first-order valence-electron chi connectivity index (χ1n) is 5.00. The summed E-state index contributed by atoms with van der Waals surface area (Å²) in [7, 11) is 1.14. The number of carbonyl (C=O) groups is 1. The molecule has 0 aliphatic rings. The minimum atomic E-state index is -1.02. The Kier molecular flexibility index (Phi) is 3.52. The standard InChI is InChI=1S/C12H16FNO2/c1-12(2,3)9-5-7-10(8-6-9)14(13)11(15)16-4/h5-8H,1-4H3. The van der Waals surface area contributed by atoms with Crippen molar-refractivity contribution in [1.82, 2.24) is 0 Å². The predicted octanol–water partition coefficient (Wildman–Crippen LogP) is 3.44. The van der Waals surface area contributed by atoms with Gasteiger partial charge in [-0.15, -0.1) is 5.12 Å². The van der Waals surface area contributed by atoms with E-state index in [9.17, 15) is 9.28 Å². The maximum absolute atomic E-state index is 13.3. The second kappa shape index (κ2) is 4.51. The number of benzene rings is 1. The van der Waals surface area contributed by atoms with Crippen LogP contribution in [0.5, 0.6) is 0 Å². The molecule has 0 radical (unpaired) electrons. The van der Waals surface area contributed by atoms with Gasteiger partial charge < -0.3 is 4.74 Å². The molecule has 16 heavy (non-hydrogen) atoms. The number of methoxy groups -OCH3 is 1. The molecule has 0 aromatic heterocycles. The van der Waals surface area contributed by atoms with Crippen molar-refractivity contribution in [3.8, 4) is 0 Å². The van der Waals surface area contributed by atoms with Gasteiger partial charge in [0.2, 0.25) is 0 Å². The van der Waals surface area contributed by atoms with E-state index in [4.69, 9.17) is 0 Å². The molecule has 0 aliphatic carbocycles. The molecule has 0 saturated carbocycles. The summed E-state index contributed by atoms with van der Waals surface area (Å²) in [5, 5.41) is -0.0214. The number of hydrogen-bond donors (Lipinski definition) is 0. The number of nitrogens with zero attached hydrogens (tertiary/aromatic N) is 1. The zero-order valence-corrected chi connectivity index (χ0v) is 9.95. The fourth-order valence-electron chi connectivity index (χ4n) is 1.28. The summed E-state index contributed by atoms with van der Waals surface area (Å²) in [6, 6.07) is 6.70. The van der Waals surface area contributed by atoms with Crippen molar-refractivity contribution < 1.29 is 14.0 Å². The molecule has 0 heterocycles. The highest BCUT2D eigenvalue weighted by Crippen LogP contribution is 2.25. The maximum Gasteiger partial charge on any atom is 0.442 e. The highest BCUT2D eigenvalue weighted by molar-refractivity contribution is 5.84. The number of anilines is 1. The van der Waals surface area contributed by atoms with E-state index in [2.05, 4.69) is 25.5 Å². The molecule has 0 aliphatic heterocycles. The van der Waals surface area contributed by atoms with E-state index in [-0.39, 0.29) is 16.2 Å². The van der Waals surface area contributed by atoms with Gasteiger partial charge in [-0.2, -0.15) is 0 Å². The lowest BCUT2D eigenvalue weighted by Crippen LogP contribution is -2.21. The van der Waals surface area contributed by atoms with E-state index in [0.29, 0.717) is 0 Å². The minimum Gasteiger partial charge on any atom is -0.451 e. The third-order valence-electron chi connectivity index (χ3n) is 2.29. The predicted molar refractivity (Wildman–Crippen MR) is 61.1 cm³/mol. The van der Waals surface area contributed by atoms with Gasteiger partial charge >= 0.3 is 6.09 Å². The third-order valence-corrected chi connectivity index (χ3v) is 2.29. The van der Waals surface area contributed by atoms with Crippen molar-refractivity contribution in [3.63, 3.8) is 0 Å². The van der Waals surface area contributed by atoms with Crippen LogP contribution in [0.3, 0.4) is 0 Å². The van der Waals surface area contributed by atoms with Crippen LogP contribution in [0.1, 0.15) is 26.3 Å². The summed E-state index contributed by atoms with van der Waals surface area (Å²) in [6.07, 6.45) is -1.02. The van der Waals surface area contributed by atoms with Gasteiger partial charge in [0.25, 0.3) is 0 Å². The first-order chi connectivity index (χ1) is 7.36. The average Bonchev–Trinajstić information content (AvgIpc) is 2.26. The molecule has 1 amide bonds. The van der Waals surface area contributed by atoms with Gasteiger partial charge in [-0.1, -0.05) is 37.4 Å². The van der Waals surface area contributed by atoms with Crippen molar-refractivity contribution in [2.24, 2.45) is 0 Å². The summed E-state index contributed by atoms with van der Waals surface area (Å²) in [5.74, 6) is 0. The van der Waals surface area contributed by atoms with E-state index in [1.165, 1.54) is 0 Å². The summed E-state index contributed by atoms with van der Waals surface area (Å²) < 4.78 is 17.6. The number of carbonyl (C=O) groups excluding carboxylic acids is 1. The summed E-state index contributed by atoms with van der Waals surface area (Å²) >= 11 is 0. The molecule has 0 unspecified atom stereocenters. The van der Waals surface area contributed by atoms with E-state index in [1.807, 2.05) is 0 Å². The molecule has 0 atom stereocenters. The Morgan fingerprint density at radius 2 is 1.75 bits per heavy atom. The largest absolute Gasteiger partial charge is 0.451 e. The Bertz CT molecular complexity index is 368. The van der Waals surface area contributed by atoms with Gasteiger partial charge in [0.15, 0.2) is 0 Å². The smallest absolute Gasteiger partial charge is 0.442 e. The molecule has 88 valence electrons. The molecule has 1 aromatic rings.